The topological polar surface area (TPSA) is 27.7 Å². The number of pyridine rings is 1. The predicted molar refractivity (Wildman–Crippen MR) is 45.3 cm³/mol. The highest BCUT2D eigenvalue weighted by Crippen LogP contribution is 1.74. The molecule has 0 amide bonds. The average molecular weight is 166 g/mol. The predicted octanol–water partition coefficient (Wildman–Crippen LogP) is 1.01. The van der Waals surface area contributed by atoms with Crippen molar-refractivity contribution in [1.29, 1.82) is 5.26 Å². The van der Waals surface area contributed by atoms with Crippen LogP contribution in [0.25, 0.3) is 0 Å². The van der Waals surface area contributed by atoms with E-state index in [4.69, 9.17) is 5.26 Å². The molecule has 0 aliphatic carbocycles. The molecule has 0 radical (unpaired) electrons. The number of hydrogen-bond donors (Lipinski definition) is 0. The third-order valence-corrected chi connectivity index (χ3v) is 1.14. The van der Waals surface area contributed by atoms with E-state index in [0.717, 1.165) is 6.54 Å². The fourth-order valence-corrected chi connectivity index (χ4v) is 0.645. The maximum absolute atomic E-state index is 7.13. The lowest BCUT2D eigenvalue weighted by molar-refractivity contribution is -0.693. The van der Waals surface area contributed by atoms with Gasteiger partial charge >= 0.3 is 0 Å². The first-order valence-corrected chi connectivity index (χ1v) is 3.71. The Balaban J connectivity index is 0.000000292. The number of aromatic nitrogens is 1. The lowest BCUT2D eigenvalue weighted by Gasteiger charge is -1.84. The second-order valence-corrected chi connectivity index (χ2v) is 1.98. The Morgan fingerprint density at radius 3 is 2.09 bits per heavy atom. The van der Waals surface area contributed by atoms with E-state index in [1.54, 1.807) is 0 Å². The molecule has 0 bridgehead atoms. The minimum Gasteiger partial charge on any atom is -0.696 e. The van der Waals surface area contributed by atoms with Gasteiger partial charge in [-0.25, -0.2) is 9.83 Å². The molecule has 0 aliphatic rings. The summed E-state index contributed by atoms with van der Waals surface area (Å²) < 4.78 is 2.12. The summed E-state index contributed by atoms with van der Waals surface area (Å²) in [5.74, 6) is 0. The van der Waals surface area contributed by atoms with Gasteiger partial charge in [0.05, 0.1) is 0 Å². The molecular weight excluding hydrogens is 156 g/mol. The highest BCUT2D eigenvalue weighted by atomic mass is 32.1. The van der Waals surface area contributed by atoms with E-state index < -0.39 is 0 Å². The largest absolute Gasteiger partial charge is 0.696 e. The zero-order valence-electron chi connectivity index (χ0n) is 6.40. The third-order valence-electron chi connectivity index (χ3n) is 1.14. The van der Waals surface area contributed by atoms with Gasteiger partial charge in [-0.1, -0.05) is 11.5 Å². The number of thiocyanates is 1. The van der Waals surface area contributed by atoms with Crippen LogP contribution < -0.4 is 4.57 Å². The van der Waals surface area contributed by atoms with Gasteiger partial charge in [-0.15, -0.1) is 0 Å². The molecule has 0 N–H and O–H groups in total. The molecule has 2 nitrogen and oxygen atoms in total. The molecule has 0 fully saturated rings. The highest BCUT2D eigenvalue weighted by molar-refractivity contribution is 7.64. The molecule has 1 rings (SSSR count). The van der Waals surface area contributed by atoms with Crippen LogP contribution in [0.3, 0.4) is 0 Å². The zero-order valence-corrected chi connectivity index (χ0v) is 7.21. The van der Waals surface area contributed by atoms with E-state index in [1.807, 2.05) is 18.2 Å². The van der Waals surface area contributed by atoms with Crippen LogP contribution in [0.2, 0.25) is 0 Å². The van der Waals surface area contributed by atoms with E-state index in [-0.39, 0.29) is 0 Å². The minimum atomic E-state index is 1.06. The Labute approximate surface area is 72.5 Å². The SMILES string of the molecule is CC[n+]1ccccc1.N#C[S-]. The third kappa shape index (κ3) is 5.31. The summed E-state index contributed by atoms with van der Waals surface area (Å²) >= 11 is 3.70. The van der Waals surface area contributed by atoms with Crippen molar-refractivity contribution in [2.45, 2.75) is 13.5 Å². The summed E-state index contributed by atoms with van der Waals surface area (Å²) in [5.41, 5.74) is 0. The van der Waals surface area contributed by atoms with Crippen molar-refractivity contribution >= 4 is 12.6 Å². The molecule has 0 aromatic carbocycles. The summed E-state index contributed by atoms with van der Waals surface area (Å²) in [7, 11) is 0. The van der Waals surface area contributed by atoms with Crippen molar-refractivity contribution in [3.05, 3.63) is 30.6 Å². The molecule has 1 aromatic rings. The first kappa shape index (κ1) is 9.86. The average Bonchev–Trinajstić information content (AvgIpc) is 2.08. The lowest BCUT2D eigenvalue weighted by Crippen LogP contribution is -2.30. The number of aryl methyl sites for hydroxylation is 1. The van der Waals surface area contributed by atoms with E-state index >= 15 is 0 Å². The molecule has 0 aliphatic heterocycles. The van der Waals surface area contributed by atoms with Crippen LogP contribution in [-0.2, 0) is 19.2 Å². The number of rotatable bonds is 1. The van der Waals surface area contributed by atoms with Gasteiger partial charge < -0.3 is 12.6 Å². The second kappa shape index (κ2) is 6.97. The Bertz CT molecular complexity index is 215. The monoisotopic (exact) mass is 166 g/mol. The molecular formula is C8H10N2S. The van der Waals surface area contributed by atoms with Crippen LogP contribution in [-0.4, -0.2) is 0 Å². The van der Waals surface area contributed by atoms with E-state index in [0.29, 0.717) is 0 Å². The Hall–Kier alpha value is -1.14. The lowest BCUT2D eigenvalue weighted by atomic mass is 10.5. The molecule has 1 heterocycles. The molecule has 58 valence electrons. The van der Waals surface area contributed by atoms with Gasteiger partial charge in [-0.3, -0.25) is 0 Å². The van der Waals surface area contributed by atoms with Crippen molar-refractivity contribution in [2.75, 3.05) is 0 Å². The van der Waals surface area contributed by atoms with Crippen LogP contribution in [0.1, 0.15) is 6.92 Å². The van der Waals surface area contributed by atoms with Crippen LogP contribution in [0.4, 0.5) is 0 Å². The maximum atomic E-state index is 7.13. The molecule has 0 saturated heterocycles. The Morgan fingerprint density at radius 2 is 1.82 bits per heavy atom. The number of hydrogen-bond acceptors (Lipinski definition) is 2. The van der Waals surface area contributed by atoms with Crippen molar-refractivity contribution in [1.82, 2.24) is 0 Å². The van der Waals surface area contributed by atoms with Gasteiger partial charge in [0.15, 0.2) is 12.4 Å². The van der Waals surface area contributed by atoms with Crippen molar-refractivity contribution in [3.8, 4) is 5.40 Å². The normalized spacial score (nSPS) is 7.27. The molecule has 3 heteroatoms. The molecule has 11 heavy (non-hydrogen) atoms. The van der Waals surface area contributed by atoms with E-state index in [1.165, 1.54) is 5.40 Å². The summed E-state index contributed by atoms with van der Waals surface area (Å²) in [6, 6.07) is 6.08. The van der Waals surface area contributed by atoms with Crippen molar-refractivity contribution < 1.29 is 4.57 Å². The molecule has 0 atom stereocenters. The molecule has 0 spiro atoms. The summed E-state index contributed by atoms with van der Waals surface area (Å²) in [5, 5.41) is 8.47. The van der Waals surface area contributed by atoms with Gasteiger partial charge in [0.1, 0.15) is 6.54 Å². The number of nitriles is 1. The van der Waals surface area contributed by atoms with E-state index in [2.05, 4.69) is 36.5 Å². The standard InChI is InChI=1S/C7H10N.CHNS/c1-2-8-6-4-3-5-7-8;2-1-3/h3-7H,2H2,1H3;3H/q+1;/p-1. The highest BCUT2D eigenvalue weighted by Gasteiger charge is 1.86. The van der Waals surface area contributed by atoms with E-state index in [9.17, 15) is 0 Å². The fraction of sp³-hybridized carbons (Fsp3) is 0.250. The van der Waals surface area contributed by atoms with Crippen LogP contribution in [0.15, 0.2) is 30.6 Å². The summed E-state index contributed by atoms with van der Waals surface area (Å²) in [4.78, 5) is 0. The van der Waals surface area contributed by atoms with Gasteiger partial charge in [0, 0.05) is 12.1 Å². The Kier molecular flexibility index (Phi) is 6.25. The quantitative estimate of drug-likeness (QED) is 0.354. The zero-order chi connectivity index (χ0) is 8.53. The van der Waals surface area contributed by atoms with Crippen LogP contribution in [0.5, 0.6) is 0 Å². The first-order chi connectivity index (χ1) is 5.35. The number of nitrogens with zero attached hydrogens (tertiary/aromatic N) is 2. The minimum absolute atomic E-state index is 1.06. The molecule has 1 aromatic heterocycles. The Morgan fingerprint density at radius 1 is 1.36 bits per heavy atom. The maximum Gasteiger partial charge on any atom is 0.168 e. The summed E-state index contributed by atoms with van der Waals surface area (Å²) in [6.07, 6.45) is 4.11. The van der Waals surface area contributed by atoms with Gasteiger partial charge in [-0.05, 0) is 6.92 Å². The van der Waals surface area contributed by atoms with Gasteiger partial charge in [0.2, 0.25) is 0 Å². The van der Waals surface area contributed by atoms with Gasteiger partial charge in [0.25, 0.3) is 0 Å². The van der Waals surface area contributed by atoms with Crippen LogP contribution in [0, 0.1) is 10.7 Å². The first-order valence-electron chi connectivity index (χ1n) is 3.30. The van der Waals surface area contributed by atoms with Crippen molar-refractivity contribution in [2.24, 2.45) is 0 Å². The fourth-order valence-electron chi connectivity index (χ4n) is 0.645. The van der Waals surface area contributed by atoms with Crippen LogP contribution >= 0.6 is 0 Å². The van der Waals surface area contributed by atoms with Gasteiger partial charge in [-0.2, -0.15) is 0 Å². The van der Waals surface area contributed by atoms with Crippen molar-refractivity contribution in [3.63, 3.8) is 0 Å². The second-order valence-electron chi connectivity index (χ2n) is 1.80. The molecule has 0 unspecified atom stereocenters. The smallest absolute Gasteiger partial charge is 0.168 e. The summed E-state index contributed by atoms with van der Waals surface area (Å²) in [6.45, 7) is 3.18. The molecule has 0 saturated carbocycles.